The van der Waals surface area contributed by atoms with E-state index in [1.54, 1.807) is 6.07 Å². The molecule has 1 aromatic heterocycles. The third kappa shape index (κ3) is 5.02. The number of hydrogen-bond acceptors (Lipinski definition) is 5. The number of hydrogen-bond donors (Lipinski definition) is 0. The second kappa shape index (κ2) is 11.1. The van der Waals surface area contributed by atoms with Gasteiger partial charge in [0.15, 0.2) is 5.78 Å². The van der Waals surface area contributed by atoms with E-state index in [1.165, 1.54) is 13.8 Å². The Hall–Kier alpha value is -5.62. The van der Waals surface area contributed by atoms with E-state index < -0.39 is 5.97 Å². The van der Waals surface area contributed by atoms with Crippen LogP contribution in [0.2, 0.25) is 0 Å². The van der Waals surface area contributed by atoms with Crippen molar-refractivity contribution in [3.05, 3.63) is 138 Å². The molecule has 6 aromatic rings. The molecule has 6 heteroatoms. The van der Waals surface area contributed by atoms with Crippen molar-refractivity contribution in [1.29, 1.82) is 0 Å². The summed E-state index contributed by atoms with van der Waals surface area (Å²) in [5.74, 6) is -0.957. The molecule has 0 unspecified atom stereocenters. The van der Waals surface area contributed by atoms with Crippen LogP contribution in [0.3, 0.4) is 0 Å². The molecular formula is C36H26N2O4. The summed E-state index contributed by atoms with van der Waals surface area (Å²) in [6.07, 6.45) is 0. The molecule has 0 atom stereocenters. The van der Waals surface area contributed by atoms with Crippen LogP contribution in [0.25, 0.3) is 38.6 Å². The van der Waals surface area contributed by atoms with Crippen molar-refractivity contribution < 1.29 is 19.2 Å². The van der Waals surface area contributed by atoms with E-state index in [0.717, 1.165) is 38.6 Å². The molecule has 0 aliphatic carbocycles. The highest BCUT2D eigenvalue weighted by Gasteiger charge is 2.17. The molecule has 6 nitrogen and oxygen atoms in total. The lowest BCUT2D eigenvalue weighted by Crippen LogP contribution is -2.11. The number of carbonyl (C=O) groups excluding carboxylic acids is 3. The van der Waals surface area contributed by atoms with Crippen LogP contribution < -0.4 is 0 Å². The Morgan fingerprint density at radius 1 is 0.595 bits per heavy atom. The number of carbonyl (C=O) groups is 3. The van der Waals surface area contributed by atoms with Crippen LogP contribution in [-0.2, 0) is 9.63 Å². The number of benzene rings is 5. The van der Waals surface area contributed by atoms with Crippen molar-refractivity contribution in [3.8, 4) is 16.8 Å². The summed E-state index contributed by atoms with van der Waals surface area (Å²) < 4.78 is 2.11. The molecule has 0 bridgehead atoms. The number of rotatable bonds is 7. The lowest BCUT2D eigenvalue weighted by molar-refractivity contribution is -0.140. The van der Waals surface area contributed by atoms with Gasteiger partial charge < -0.3 is 9.40 Å². The van der Waals surface area contributed by atoms with Gasteiger partial charge in [-0.05, 0) is 66.6 Å². The number of Topliss-reactive ketones (excluding diaryl/α,β-unsaturated/α-hetero) is 1. The summed E-state index contributed by atoms with van der Waals surface area (Å²) >= 11 is 0. The van der Waals surface area contributed by atoms with Crippen molar-refractivity contribution in [2.75, 3.05) is 0 Å². The van der Waals surface area contributed by atoms with Crippen LogP contribution in [0.4, 0.5) is 0 Å². The molecule has 0 amide bonds. The summed E-state index contributed by atoms with van der Waals surface area (Å²) in [7, 11) is 0. The molecule has 0 fully saturated rings. The standard InChI is InChI=1S/C36H26N2O4/c1-23(37-42-24(2)39)35(40)29-18-21-34-32(22-29)31-10-6-7-11-33(31)38(34)30-19-16-28(17-20-30)36(41)27-14-12-26(13-15-27)25-8-4-3-5-9-25/h3-22H,1-2H3/b37-23+. The van der Waals surface area contributed by atoms with Gasteiger partial charge in [-0.15, -0.1) is 0 Å². The van der Waals surface area contributed by atoms with Crippen LogP contribution in [0.1, 0.15) is 40.1 Å². The summed E-state index contributed by atoms with van der Waals surface area (Å²) in [6, 6.07) is 38.7. The Bertz CT molecular complexity index is 2000. The average molecular weight is 551 g/mol. The number of nitrogens with zero attached hydrogens (tertiary/aromatic N) is 2. The first kappa shape index (κ1) is 26.6. The fourth-order valence-electron chi connectivity index (χ4n) is 5.15. The van der Waals surface area contributed by atoms with Gasteiger partial charge in [0.1, 0.15) is 5.71 Å². The minimum absolute atomic E-state index is 0.0441. The predicted octanol–water partition coefficient (Wildman–Crippen LogP) is 7.80. The van der Waals surface area contributed by atoms with E-state index in [0.29, 0.717) is 16.7 Å². The number of aromatic nitrogens is 1. The predicted molar refractivity (Wildman–Crippen MR) is 165 cm³/mol. The van der Waals surface area contributed by atoms with Gasteiger partial charge >= 0.3 is 5.97 Å². The Morgan fingerprint density at radius 2 is 1.17 bits per heavy atom. The third-order valence-corrected chi connectivity index (χ3v) is 7.22. The van der Waals surface area contributed by atoms with E-state index in [1.807, 2.05) is 115 Å². The number of para-hydroxylation sites is 1. The SMILES string of the molecule is CC(=O)O/N=C(\C)C(=O)c1ccc2c(c1)c1ccccc1n2-c1ccc(C(=O)c2ccc(-c3ccccc3)cc2)cc1. The van der Waals surface area contributed by atoms with Crippen LogP contribution in [-0.4, -0.2) is 27.8 Å². The zero-order chi connectivity index (χ0) is 29.2. The topological polar surface area (TPSA) is 77.7 Å². The molecule has 0 spiro atoms. The molecule has 0 N–H and O–H groups in total. The van der Waals surface area contributed by atoms with E-state index in [4.69, 9.17) is 0 Å². The molecule has 204 valence electrons. The molecule has 42 heavy (non-hydrogen) atoms. The van der Waals surface area contributed by atoms with Crippen molar-refractivity contribution in [3.63, 3.8) is 0 Å². The van der Waals surface area contributed by atoms with Gasteiger partial charge in [-0.3, -0.25) is 9.59 Å². The van der Waals surface area contributed by atoms with Crippen molar-refractivity contribution in [2.24, 2.45) is 5.16 Å². The number of oxime groups is 1. The third-order valence-electron chi connectivity index (χ3n) is 7.22. The molecule has 0 aliphatic rings. The summed E-state index contributed by atoms with van der Waals surface area (Å²) in [5, 5.41) is 5.52. The highest BCUT2D eigenvalue weighted by atomic mass is 16.7. The zero-order valence-corrected chi connectivity index (χ0v) is 23.1. The van der Waals surface area contributed by atoms with E-state index >= 15 is 0 Å². The second-order valence-corrected chi connectivity index (χ2v) is 9.99. The first-order chi connectivity index (χ1) is 20.4. The van der Waals surface area contributed by atoms with Gasteiger partial charge in [-0.2, -0.15) is 0 Å². The van der Waals surface area contributed by atoms with Crippen LogP contribution >= 0.6 is 0 Å². The summed E-state index contributed by atoms with van der Waals surface area (Å²) in [4.78, 5) is 42.0. The molecule has 5 aromatic carbocycles. The summed E-state index contributed by atoms with van der Waals surface area (Å²) in [5.41, 5.74) is 6.70. The van der Waals surface area contributed by atoms with Crippen molar-refractivity contribution in [1.82, 2.24) is 4.57 Å². The second-order valence-electron chi connectivity index (χ2n) is 9.99. The van der Waals surface area contributed by atoms with Gasteiger partial charge in [0, 0.05) is 40.1 Å². The minimum atomic E-state index is -0.589. The lowest BCUT2D eigenvalue weighted by atomic mass is 9.99. The smallest absolute Gasteiger partial charge is 0.318 e. The first-order valence-corrected chi connectivity index (χ1v) is 13.5. The Balaban J connectivity index is 1.33. The molecular weight excluding hydrogens is 524 g/mol. The van der Waals surface area contributed by atoms with Gasteiger partial charge in [-0.25, -0.2) is 4.79 Å². The van der Waals surface area contributed by atoms with E-state index in [2.05, 4.69) is 14.6 Å². The molecule has 0 saturated carbocycles. The molecule has 0 aliphatic heterocycles. The number of fused-ring (bicyclic) bond motifs is 3. The molecule has 0 saturated heterocycles. The van der Waals surface area contributed by atoms with Gasteiger partial charge in [0.05, 0.1) is 11.0 Å². The van der Waals surface area contributed by atoms with Crippen LogP contribution in [0, 0.1) is 0 Å². The van der Waals surface area contributed by atoms with Crippen LogP contribution in [0.15, 0.2) is 126 Å². The lowest BCUT2D eigenvalue weighted by Gasteiger charge is -2.10. The molecule has 0 radical (unpaired) electrons. The molecule has 6 rings (SSSR count). The molecule has 1 heterocycles. The van der Waals surface area contributed by atoms with Crippen molar-refractivity contribution in [2.45, 2.75) is 13.8 Å². The van der Waals surface area contributed by atoms with E-state index in [9.17, 15) is 14.4 Å². The number of ketones is 2. The van der Waals surface area contributed by atoms with Gasteiger partial charge in [-0.1, -0.05) is 78.0 Å². The van der Waals surface area contributed by atoms with Crippen LogP contribution in [0.5, 0.6) is 0 Å². The Kier molecular flexibility index (Phi) is 7.03. The first-order valence-electron chi connectivity index (χ1n) is 13.5. The fraction of sp³-hybridized carbons (Fsp3) is 0.0556. The quantitative estimate of drug-likeness (QED) is 0.0879. The van der Waals surface area contributed by atoms with E-state index in [-0.39, 0.29) is 17.3 Å². The fourth-order valence-corrected chi connectivity index (χ4v) is 5.15. The monoisotopic (exact) mass is 550 g/mol. The zero-order valence-electron chi connectivity index (χ0n) is 23.1. The normalized spacial score (nSPS) is 11.5. The highest BCUT2D eigenvalue weighted by Crippen LogP contribution is 2.33. The average Bonchev–Trinajstić information content (AvgIpc) is 3.37. The minimum Gasteiger partial charge on any atom is -0.318 e. The van der Waals surface area contributed by atoms with Crippen molar-refractivity contribution >= 4 is 45.1 Å². The van der Waals surface area contributed by atoms with Gasteiger partial charge in [0.2, 0.25) is 5.78 Å². The Morgan fingerprint density at radius 3 is 1.86 bits per heavy atom. The Labute approximate surface area is 242 Å². The van der Waals surface area contributed by atoms with Gasteiger partial charge in [0.25, 0.3) is 0 Å². The maximum atomic E-state index is 13.3. The summed E-state index contributed by atoms with van der Waals surface area (Å²) in [6.45, 7) is 2.74. The largest absolute Gasteiger partial charge is 0.331 e. The highest BCUT2D eigenvalue weighted by molar-refractivity contribution is 6.45. The maximum absolute atomic E-state index is 13.3. The maximum Gasteiger partial charge on any atom is 0.331 e.